The molecule has 0 saturated heterocycles. The Morgan fingerprint density at radius 2 is 2.19 bits per heavy atom. The van der Waals surface area contributed by atoms with Gasteiger partial charge in [0, 0.05) is 6.07 Å². The van der Waals surface area contributed by atoms with Crippen LogP contribution in [0.5, 0.6) is 0 Å². The number of nitrogens with zero attached hydrogens (tertiary/aromatic N) is 2. The van der Waals surface area contributed by atoms with Crippen molar-refractivity contribution < 1.29 is 9.72 Å². The molecule has 0 bridgehead atoms. The Morgan fingerprint density at radius 3 is 2.62 bits per heavy atom. The molecule has 1 rings (SSSR count). The highest BCUT2D eigenvalue weighted by atomic mass is 32.1. The molecule has 1 aromatic rings. The van der Waals surface area contributed by atoms with E-state index >= 15 is 0 Å². The molecule has 4 N–H and O–H groups in total. The summed E-state index contributed by atoms with van der Waals surface area (Å²) in [6.07, 6.45) is 0. The van der Waals surface area contributed by atoms with Gasteiger partial charge >= 0.3 is 11.7 Å². The molecule has 0 aliphatic rings. The van der Waals surface area contributed by atoms with Gasteiger partial charge in [0.2, 0.25) is 0 Å². The quantitative estimate of drug-likeness (QED) is 0.363. The average molecular weight is 243 g/mol. The second kappa shape index (κ2) is 4.57. The van der Waals surface area contributed by atoms with Crippen LogP contribution in [0.1, 0.15) is 10.5 Å². The highest BCUT2D eigenvalue weighted by molar-refractivity contribution is 7.80. The number of hydrogen-bond acceptors (Lipinski definition) is 4. The number of thiocarbonyl (C=S) groups is 1. The number of rotatable bonds is 2. The van der Waals surface area contributed by atoms with E-state index in [-0.39, 0.29) is 16.6 Å². The van der Waals surface area contributed by atoms with Crippen LogP contribution < -0.4 is 16.6 Å². The molecule has 0 saturated carbocycles. The highest BCUT2D eigenvalue weighted by Crippen LogP contribution is 2.14. The molecule has 1 aromatic heterocycles. The molecule has 1 amide bonds. The Labute approximate surface area is 95.5 Å². The molecular weight excluding hydrogens is 234 g/mol. The lowest BCUT2D eigenvalue weighted by Crippen LogP contribution is -2.44. The second-order valence-electron chi connectivity index (χ2n) is 2.84. The largest absolute Gasteiger partial charge is 0.375 e. The molecular formula is C7H9N5O3S. The Hall–Kier alpha value is -2.16. The van der Waals surface area contributed by atoms with Gasteiger partial charge in [-0.25, -0.2) is 4.57 Å². The lowest BCUT2D eigenvalue weighted by Gasteiger charge is -2.04. The molecule has 0 spiro atoms. The van der Waals surface area contributed by atoms with E-state index in [0.717, 1.165) is 4.57 Å². The van der Waals surface area contributed by atoms with Crippen molar-refractivity contribution in [1.82, 2.24) is 15.4 Å². The predicted molar refractivity (Wildman–Crippen MR) is 59.5 cm³/mol. The molecule has 16 heavy (non-hydrogen) atoms. The van der Waals surface area contributed by atoms with Gasteiger partial charge in [-0.1, -0.05) is 0 Å². The van der Waals surface area contributed by atoms with Crippen LogP contribution in [0.15, 0.2) is 12.1 Å². The summed E-state index contributed by atoms with van der Waals surface area (Å²) >= 11 is 4.48. The van der Waals surface area contributed by atoms with Gasteiger partial charge in [-0.3, -0.25) is 15.6 Å². The number of aromatic nitrogens is 1. The number of nitrogens with two attached hydrogens (primary N) is 1. The standard InChI is InChI=1S/C7H9N5O3S/c1-11-4(2-3-5(11)12(14)15)6(13)9-10-7(8)16/h2-3H,1H3,(H,9,13)(H3,8,10,16). The molecule has 0 aromatic carbocycles. The van der Waals surface area contributed by atoms with E-state index in [2.05, 4.69) is 23.1 Å². The summed E-state index contributed by atoms with van der Waals surface area (Å²) in [5.74, 6) is -0.746. The second-order valence-corrected chi connectivity index (χ2v) is 3.28. The number of carbonyl (C=O) groups is 1. The van der Waals surface area contributed by atoms with Gasteiger partial charge < -0.3 is 15.8 Å². The van der Waals surface area contributed by atoms with Crippen molar-refractivity contribution in [3.05, 3.63) is 27.9 Å². The predicted octanol–water partition coefficient (Wildman–Crippen LogP) is -0.589. The zero-order chi connectivity index (χ0) is 12.3. The van der Waals surface area contributed by atoms with Gasteiger partial charge in [0.1, 0.15) is 0 Å². The molecule has 0 atom stereocenters. The Kier molecular flexibility index (Phi) is 3.40. The van der Waals surface area contributed by atoms with E-state index in [1.165, 1.54) is 19.2 Å². The molecule has 0 aliphatic heterocycles. The van der Waals surface area contributed by atoms with Crippen LogP contribution >= 0.6 is 12.2 Å². The lowest BCUT2D eigenvalue weighted by atomic mass is 10.4. The first kappa shape index (κ1) is 11.9. The van der Waals surface area contributed by atoms with E-state index < -0.39 is 10.8 Å². The number of hydrogen-bond donors (Lipinski definition) is 3. The van der Waals surface area contributed by atoms with Gasteiger partial charge in [-0.2, -0.15) is 0 Å². The van der Waals surface area contributed by atoms with E-state index in [1.807, 2.05) is 0 Å². The van der Waals surface area contributed by atoms with Crippen LogP contribution in [0.25, 0.3) is 0 Å². The molecule has 1 heterocycles. The van der Waals surface area contributed by atoms with Crippen LogP contribution in [0.3, 0.4) is 0 Å². The van der Waals surface area contributed by atoms with Crippen LogP contribution in [-0.2, 0) is 7.05 Å². The fraction of sp³-hybridized carbons (Fsp3) is 0.143. The summed E-state index contributed by atoms with van der Waals surface area (Å²) in [7, 11) is 1.41. The molecule has 8 nitrogen and oxygen atoms in total. The Bertz CT molecular complexity index is 455. The maximum Gasteiger partial charge on any atom is 0.323 e. The van der Waals surface area contributed by atoms with Gasteiger partial charge in [0.15, 0.2) is 10.8 Å². The summed E-state index contributed by atoms with van der Waals surface area (Å²) < 4.78 is 1.15. The monoisotopic (exact) mass is 243 g/mol. The minimum Gasteiger partial charge on any atom is -0.375 e. The first-order valence-electron chi connectivity index (χ1n) is 4.09. The third kappa shape index (κ3) is 2.45. The summed E-state index contributed by atoms with van der Waals surface area (Å²) in [5, 5.41) is 10.4. The molecule has 9 heteroatoms. The Balaban J connectivity index is 2.84. The van der Waals surface area contributed by atoms with Crippen molar-refractivity contribution in [3.8, 4) is 0 Å². The molecule has 0 aliphatic carbocycles. The van der Waals surface area contributed by atoms with Gasteiger partial charge in [0.25, 0.3) is 0 Å². The van der Waals surface area contributed by atoms with Crippen molar-refractivity contribution in [2.75, 3.05) is 0 Å². The van der Waals surface area contributed by atoms with Gasteiger partial charge in [0.05, 0.1) is 7.05 Å². The van der Waals surface area contributed by atoms with Crippen molar-refractivity contribution in [3.63, 3.8) is 0 Å². The third-order valence-corrected chi connectivity index (χ3v) is 1.92. The average Bonchev–Trinajstić information content (AvgIpc) is 2.56. The SMILES string of the molecule is Cn1c(C(=O)NNC(N)=S)ccc1[N+](=O)[O-]. The smallest absolute Gasteiger partial charge is 0.323 e. The normalized spacial score (nSPS) is 9.56. The number of nitrogens with one attached hydrogen (secondary N) is 2. The van der Waals surface area contributed by atoms with Crippen LogP contribution in [0.2, 0.25) is 0 Å². The van der Waals surface area contributed by atoms with Gasteiger partial charge in [-0.05, 0) is 23.2 Å². The summed E-state index contributed by atoms with van der Waals surface area (Å²) in [4.78, 5) is 21.4. The number of carbonyl (C=O) groups excluding carboxylic acids is 1. The van der Waals surface area contributed by atoms with E-state index in [4.69, 9.17) is 5.73 Å². The zero-order valence-corrected chi connectivity index (χ0v) is 9.08. The maximum atomic E-state index is 11.5. The summed E-state index contributed by atoms with van der Waals surface area (Å²) in [6, 6.07) is 2.56. The van der Waals surface area contributed by atoms with E-state index in [0.29, 0.717) is 0 Å². The minimum atomic E-state index is -0.586. The minimum absolute atomic E-state index is 0.0999. The van der Waals surface area contributed by atoms with E-state index in [1.54, 1.807) is 0 Å². The molecule has 86 valence electrons. The fourth-order valence-corrected chi connectivity index (χ4v) is 1.15. The topological polar surface area (TPSA) is 115 Å². The highest BCUT2D eigenvalue weighted by Gasteiger charge is 2.20. The van der Waals surface area contributed by atoms with Crippen molar-refractivity contribution >= 4 is 29.1 Å². The van der Waals surface area contributed by atoms with Crippen LogP contribution in [0, 0.1) is 10.1 Å². The van der Waals surface area contributed by atoms with Crippen molar-refractivity contribution in [2.24, 2.45) is 12.8 Å². The van der Waals surface area contributed by atoms with E-state index in [9.17, 15) is 14.9 Å². The zero-order valence-electron chi connectivity index (χ0n) is 8.26. The van der Waals surface area contributed by atoms with Crippen LogP contribution in [0.4, 0.5) is 5.82 Å². The fourth-order valence-electron chi connectivity index (χ4n) is 1.09. The first-order chi connectivity index (χ1) is 7.43. The lowest BCUT2D eigenvalue weighted by molar-refractivity contribution is -0.391. The molecule has 0 radical (unpaired) electrons. The first-order valence-corrected chi connectivity index (χ1v) is 4.50. The van der Waals surface area contributed by atoms with Crippen molar-refractivity contribution in [1.29, 1.82) is 0 Å². The number of hydrazine groups is 1. The summed E-state index contributed by atoms with van der Waals surface area (Å²) in [5.41, 5.74) is 9.65. The van der Waals surface area contributed by atoms with Gasteiger partial charge in [-0.15, -0.1) is 0 Å². The van der Waals surface area contributed by atoms with Crippen molar-refractivity contribution in [2.45, 2.75) is 0 Å². The summed E-state index contributed by atoms with van der Waals surface area (Å²) in [6.45, 7) is 0. The maximum absolute atomic E-state index is 11.5. The Morgan fingerprint density at radius 1 is 1.56 bits per heavy atom. The third-order valence-electron chi connectivity index (χ3n) is 1.81. The molecule has 0 unspecified atom stereocenters. The molecule has 0 fully saturated rings. The van der Waals surface area contributed by atoms with Crippen LogP contribution in [-0.4, -0.2) is 20.5 Å². The number of nitro groups is 1. The number of amides is 1.